The minimum atomic E-state index is 0.277. The summed E-state index contributed by atoms with van der Waals surface area (Å²) in [5.74, 6) is 0.988. The lowest BCUT2D eigenvalue weighted by atomic mass is 10.1. The van der Waals surface area contributed by atoms with Crippen molar-refractivity contribution in [3.8, 4) is 17.1 Å². The molecule has 0 spiro atoms. The molecule has 0 aliphatic rings. The quantitative estimate of drug-likeness (QED) is 0.484. The fourth-order valence-corrected chi connectivity index (χ4v) is 4.19. The van der Waals surface area contributed by atoms with E-state index in [4.69, 9.17) is 0 Å². The van der Waals surface area contributed by atoms with Gasteiger partial charge in [-0.25, -0.2) is 4.98 Å². The van der Waals surface area contributed by atoms with Crippen molar-refractivity contribution in [3.05, 3.63) is 42.5 Å². The van der Waals surface area contributed by atoms with Crippen LogP contribution in [0.1, 0.15) is 11.1 Å². The highest BCUT2D eigenvalue weighted by Crippen LogP contribution is 2.34. The van der Waals surface area contributed by atoms with E-state index in [2.05, 4.69) is 81.1 Å². The largest absolute Gasteiger partial charge is 0.506 e. The fourth-order valence-electron chi connectivity index (χ4n) is 2.35. The number of aromatic hydroxyl groups is 1. The predicted octanol–water partition coefficient (Wildman–Crippen LogP) is 4.76. The van der Waals surface area contributed by atoms with Gasteiger partial charge in [0.2, 0.25) is 0 Å². The van der Waals surface area contributed by atoms with E-state index in [0.717, 1.165) is 29.3 Å². The van der Waals surface area contributed by atoms with Gasteiger partial charge in [0, 0.05) is 3.57 Å². The first-order valence-electron chi connectivity index (χ1n) is 6.11. The molecule has 0 amide bonds. The van der Waals surface area contributed by atoms with Gasteiger partial charge in [-0.2, -0.15) is 0 Å². The Kier molecular flexibility index (Phi) is 3.65. The van der Waals surface area contributed by atoms with Crippen molar-refractivity contribution in [1.29, 1.82) is 0 Å². The maximum absolute atomic E-state index is 10.3. The summed E-state index contributed by atoms with van der Waals surface area (Å²) in [6.07, 6.45) is 0. The molecule has 0 aliphatic heterocycles. The first-order chi connectivity index (χ1) is 9.45. The number of aromatic amines is 1. The van der Waals surface area contributed by atoms with Crippen LogP contribution in [0, 0.1) is 21.0 Å². The summed E-state index contributed by atoms with van der Waals surface area (Å²) in [6.45, 7) is 4.12. The molecule has 102 valence electrons. The molecule has 2 aromatic carbocycles. The molecule has 1 aromatic heterocycles. The van der Waals surface area contributed by atoms with E-state index in [1.807, 2.05) is 12.1 Å². The van der Waals surface area contributed by atoms with Gasteiger partial charge in [0.25, 0.3) is 0 Å². The first kappa shape index (κ1) is 14.1. The summed E-state index contributed by atoms with van der Waals surface area (Å²) in [7, 11) is 0. The van der Waals surface area contributed by atoms with E-state index in [0.29, 0.717) is 5.82 Å². The smallest absolute Gasteiger partial charge is 0.142 e. The average molecular weight is 490 g/mol. The molecule has 5 heteroatoms. The number of aromatic nitrogens is 2. The topological polar surface area (TPSA) is 48.9 Å². The van der Waals surface area contributed by atoms with Crippen LogP contribution in [0.2, 0.25) is 0 Å². The maximum Gasteiger partial charge on any atom is 0.142 e. The van der Waals surface area contributed by atoms with Gasteiger partial charge in [-0.1, -0.05) is 6.07 Å². The number of rotatable bonds is 1. The summed E-state index contributed by atoms with van der Waals surface area (Å²) in [6, 6.07) is 8.08. The molecule has 0 fully saturated rings. The van der Waals surface area contributed by atoms with Gasteiger partial charge in [-0.3, -0.25) is 0 Å². The highest BCUT2D eigenvalue weighted by atomic mass is 127. The number of halogens is 2. The van der Waals surface area contributed by atoms with E-state index in [9.17, 15) is 5.11 Å². The molecule has 0 unspecified atom stereocenters. The number of imidazole rings is 1. The van der Waals surface area contributed by atoms with E-state index < -0.39 is 0 Å². The molecule has 3 aromatic rings. The number of benzene rings is 2. The van der Waals surface area contributed by atoms with Crippen molar-refractivity contribution in [1.82, 2.24) is 9.97 Å². The second kappa shape index (κ2) is 5.18. The van der Waals surface area contributed by atoms with Crippen molar-refractivity contribution in [2.45, 2.75) is 13.8 Å². The SMILES string of the molecule is Cc1cc(C)c2nc(-c3cc(I)cc(I)c3O)[nH]c2c1. The van der Waals surface area contributed by atoms with Gasteiger partial charge in [-0.15, -0.1) is 0 Å². The lowest BCUT2D eigenvalue weighted by molar-refractivity contribution is 0.473. The van der Waals surface area contributed by atoms with Gasteiger partial charge in [0.05, 0.1) is 20.2 Å². The Labute approximate surface area is 144 Å². The van der Waals surface area contributed by atoms with E-state index >= 15 is 0 Å². The maximum atomic E-state index is 10.3. The minimum Gasteiger partial charge on any atom is -0.506 e. The molecule has 0 atom stereocenters. The van der Waals surface area contributed by atoms with Crippen molar-refractivity contribution >= 4 is 56.2 Å². The van der Waals surface area contributed by atoms with Crippen molar-refractivity contribution in [2.24, 2.45) is 0 Å². The molecule has 0 radical (unpaired) electrons. The Bertz CT molecular complexity index is 824. The van der Waals surface area contributed by atoms with E-state index in [-0.39, 0.29) is 5.75 Å². The third-order valence-electron chi connectivity index (χ3n) is 3.20. The number of fused-ring (bicyclic) bond motifs is 1. The number of H-pyrrole nitrogens is 1. The number of nitrogens with zero attached hydrogens (tertiary/aromatic N) is 1. The summed E-state index contributed by atoms with van der Waals surface area (Å²) in [4.78, 5) is 7.96. The van der Waals surface area contributed by atoms with Gasteiger partial charge in [-0.05, 0) is 88.4 Å². The second-order valence-electron chi connectivity index (χ2n) is 4.85. The van der Waals surface area contributed by atoms with Gasteiger partial charge in [0.15, 0.2) is 0 Å². The number of phenolic OH excluding ortho intramolecular Hbond substituents is 1. The van der Waals surface area contributed by atoms with Crippen LogP contribution in [0.15, 0.2) is 24.3 Å². The van der Waals surface area contributed by atoms with Gasteiger partial charge < -0.3 is 10.1 Å². The zero-order chi connectivity index (χ0) is 14.4. The molecule has 0 aliphatic carbocycles. The lowest BCUT2D eigenvalue weighted by Gasteiger charge is -2.04. The molecular weight excluding hydrogens is 478 g/mol. The van der Waals surface area contributed by atoms with Crippen LogP contribution in [0.5, 0.6) is 5.75 Å². The molecule has 20 heavy (non-hydrogen) atoms. The summed E-state index contributed by atoms with van der Waals surface area (Å²) < 4.78 is 1.91. The number of hydrogen-bond acceptors (Lipinski definition) is 2. The Hall–Kier alpha value is -0.830. The molecule has 3 rings (SSSR count). The highest BCUT2D eigenvalue weighted by molar-refractivity contribution is 14.1. The number of phenols is 1. The third-order valence-corrected chi connectivity index (χ3v) is 4.65. The van der Waals surface area contributed by atoms with Crippen LogP contribution in [-0.4, -0.2) is 15.1 Å². The number of nitrogens with one attached hydrogen (secondary N) is 1. The Morgan fingerprint density at radius 3 is 2.60 bits per heavy atom. The molecular formula is C15H12I2N2O. The van der Waals surface area contributed by atoms with E-state index in [1.165, 1.54) is 5.56 Å². The van der Waals surface area contributed by atoms with Crippen LogP contribution in [-0.2, 0) is 0 Å². The van der Waals surface area contributed by atoms with E-state index in [1.54, 1.807) is 0 Å². The van der Waals surface area contributed by atoms with Crippen LogP contribution >= 0.6 is 45.2 Å². The predicted molar refractivity (Wildman–Crippen MR) is 98.1 cm³/mol. The monoisotopic (exact) mass is 490 g/mol. The molecule has 0 saturated heterocycles. The van der Waals surface area contributed by atoms with Crippen LogP contribution in [0.4, 0.5) is 0 Å². The Morgan fingerprint density at radius 1 is 1.10 bits per heavy atom. The Morgan fingerprint density at radius 2 is 1.85 bits per heavy atom. The van der Waals surface area contributed by atoms with Gasteiger partial charge >= 0.3 is 0 Å². The zero-order valence-corrected chi connectivity index (χ0v) is 15.3. The van der Waals surface area contributed by atoms with Crippen LogP contribution < -0.4 is 0 Å². The van der Waals surface area contributed by atoms with Crippen molar-refractivity contribution in [3.63, 3.8) is 0 Å². The lowest BCUT2D eigenvalue weighted by Crippen LogP contribution is -1.86. The number of aryl methyl sites for hydroxylation is 2. The summed E-state index contributed by atoms with van der Waals surface area (Å²) in [5.41, 5.74) is 5.05. The highest BCUT2D eigenvalue weighted by Gasteiger charge is 2.14. The fraction of sp³-hybridized carbons (Fsp3) is 0.133. The second-order valence-corrected chi connectivity index (χ2v) is 7.25. The molecule has 3 nitrogen and oxygen atoms in total. The Balaban J connectivity index is 2.28. The number of hydrogen-bond donors (Lipinski definition) is 2. The van der Waals surface area contributed by atoms with Gasteiger partial charge in [0.1, 0.15) is 11.6 Å². The van der Waals surface area contributed by atoms with Crippen LogP contribution in [0.25, 0.3) is 22.4 Å². The average Bonchev–Trinajstić information content (AvgIpc) is 2.77. The standard InChI is InChI=1S/C15H12I2N2O/c1-7-3-8(2)13-12(4-7)18-15(19-13)10-5-9(16)6-11(17)14(10)20/h3-6,20H,1-2H3,(H,18,19). The summed E-state index contributed by atoms with van der Waals surface area (Å²) >= 11 is 4.38. The minimum absolute atomic E-state index is 0.277. The molecule has 2 N–H and O–H groups in total. The molecule has 0 saturated carbocycles. The van der Waals surface area contributed by atoms with Crippen molar-refractivity contribution < 1.29 is 5.11 Å². The first-order valence-corrected chi connectivity index (χ1v) is 8.27. The molecule has 1 heterocycles. The normalized spacial score (nSPS) is 11.2. The summed E-state index contributed by atoms with van der Waals surface area (Å²) in [5, 5.41) is 10.3. The third kappa shape index (κ3) is 2.41. The molecule has 0 bridgehead atoms. The zero-order valence-electron chi connectivity index (χ0n) is 11.0. The van der Waals surface area contributed by atoms with Crippen molar-refractivity contribution in [2.75, 3.05) is 0 Å². The van der Waals surface area contributed by atoms with Crippen LogP contribution in [0.3, 0.4) is 0 Å².